The fourth-order valence-corrected chi connectivity index (χ4v) is 4.76. The van der Waals surface area contributed by atoms with Crippen molar-refractivity contribution in [2.24, 2.45) is 0 Å². The Morgan fingerprint density at radius 1 is 1.13 bits per heavy atom. The minimum absolute atomic E-state index is 0.0531. The fourth-order valence-electron chi connectivity index (χ4n) is 4.39. The number of hydrazine groups is 1. The molecule has 1 aliphatic heterocycles. The number of anilines is 1. The summed E-state index contributed by atoms with van der Waals surface area (Å²) in [6.07, 6.45) is 1.93. The van der Waals surface area contributed by atoms with Gasteiger partial charge in [0.15, 0.2) is 0 Å². The molecular formula is C27H25F3N6O2S. The quantitative estimate of drug-likeness (QED) is 0.309. The maximum Gasteiger partial charge on any atom is 0.416 e. The third kappa shape index (κ3) is 5.72. The summed E-state index contributed by atoms with van der Waals surface area (Å²) in [5.41, 5.74) is 4.77. The van der Waals surface area contributed by atoms with E-state index in [1.54, 1.807) is 41.2 Å². The van der Waals surface area contributed by atoms with Crippen LogP contribution >= 0.6 is 0 Å². The second-order valence-corrected chi connectivity index (χ2v) is 10.2. The van der Waals surface area contributed by atoms with Crippen molar-refractivity contribution in [3.63, 3.8) is 0 Å². The summed E-state index contributed by atoms with van der Waals surface area (Å²) in [6, 6.07) is 15.5. The Balaban J connectivity index is 1.54. The molecule has 1 aliphatic rings. The first-order valence-electron chi connectivity index (χ1n) is 11.9. The number of hydrogen-bond donors (Lipinski definition) is 3. The van der Waals surface area contributed by atoms with Gasteiger partial charge in [0.25, 0.3) is 5.91 Å². The second-order valence-electron chi connectivity index (χ2n) is 9.03. The van der Waals surface area contributed by atoms with Crippen LogP contribution in [0, 0.1) is 0 Å². The molecule has 0 radical (unpaired) electrons. The number of hydrogen-bond acceptors (Lipinski definition) is 5. The molecule has 0 saturated heterocycles. The number of benzene rings is 2. The number of alkyl halides is 3. The molecule has 2 aromatic heterocycles. The topological polar surface area (TPSA) is 90.8 Å². The van der Waals surface area contributed by atoms with E-state index < -0.39 is 34.7 Å². The largest absolute Gasteiger partial charge is 0.416 e. The van der Waals surface area contributed by atoms with Gasteiger partial charge in [-0.3, -0.25) is 9.20 Å². The lowest BCUT2D eigenvalue weighted by molar-refractivity contribution is -0.138. The molecule has 2 unspecified atom stereocenters. The number of imidazole rings is 1. The molecule has 1 amide bonds. The van der Waals surface area contributed by atoms with Gasteiger partial charge >= 0.3 is 6.18 Å². The molecule has 3 N–H and O–H groups in total. The molecule has 2 aromatic carbocycles. The predicted molar refractivity (Wildman–Crippen MR) is 144 cm³/mol. The zero-order chi connectivity index (χ0) is 27.7. The van der Waals surface area contributed by atoms with Gasteiger partial charge in [-0.05, 0) is 47.5 Å². The van der Waals surface area contributed by atoms with E-state index in [9.17, 15) is 22.2 Å². The summed E-state index contributed by atoms with van der Waals surface area (Å²) in [7, 11) is 0.494. The SMILES string of the molecule is CN1C=CC(c2cc(C(=O)Nc3c(-c4ccccc4)nc4cc(CNS(C)=O)ccn34)ccc2C(F)(F)F)N1. The summed E-state index contributed by atoms with van der Waals surface area (Å²) in [5.74, 6) is -0.203. The molecular weight excluding hydrogens is 529 g/mol. The molecule has 0 spiro atoms. The van der Waals surface area contributed by atoms with Gasteiger partial charge in [0.05, 0.1) is 22.6 Å². The van der Waals surface area contributed by atoms with E-state index in [2.05, 4.69) is 15.5 Å². The van der Waals surface area contributed by atoms with Crippen molar-refractivity contribution in [1.82, 2.24) is 24.5 Å². The van der Waals surface area contributed by atoms with Crippen LogP contribution in [-0.4, -0.2) is 37.8 Å². The molecule has 39 heavy (non-hydrogen) atoms. The Bertz CT molecular complexity index is 1590. The van der Waals surface area contributed by atoms with Crippen LogP contribution < -0.4 is 15.5 Å². The molecule has 5 rings (SSSR count). The van der Waals surface area contributed by atoms with Crippen LogP contribution in [-0.2, 0) is 23.7 Å². The Labute approximate surface area is 225 Å². The molecule has 12 heteroatoms. The average molecular weight is 555 g/mol. The number of carbonyl (C=O) groups excluding carboxylic acids is 1. The van der Waals surface area contributed by atoms with E-state index >= 15 is 0 Å². The van der Waals surface area contributed by atoms with Crippen LogP contribution in [0.15, 0.2) is 79.1 Å². The van der Waals surface area contributed by atoms with Gasteiger partial charge in [0, 0.05) is 43.4 Å². The summed E-state index contributed by atoms with van der Waals surface area (Å²) < 4.78 is 57.3. The molecule has 202 valence electrons. The number of nitrogens with one attached hydrogen (secondary N) is 3. The predicted octanol–water partition coefficient (Wildman–Crippen LogP) is 4.66. The smallest absolute Gasteiger partial charge is 0.318 e. The molecule has 0 fully saturated rings. The number of amides is 1. The van der Waals surface area contributed by atoms with Crippen molar-refractivity contribution in [3.8, 4) is 11.3 Å². The maximum atomic E-state index is 13.8. The van der Waals surface area contributed by atoms with Crippen molar-refractivity contribution in [1.29, 1.82) is 0 Å². The first-order valence-corrected chi connectivity index (χ1v) is 13.5. The highest BCUT2D eigenvalue weighted by Gasteiger charge is 2.36. The monoisotopic (exact) mass is 554 g/mol. The number of fused-ring (bicyclic) bond motifs is 1. The summed E-state index contributed by atoms with van der Waals surface area (Å²) in [4.78, 5) is 18.2. The molecule has 2 atom stereocenters. The Morgan fingerprint density at radius 3 is 2.56 bits per heavy atom. The number of aromatic nitrogens is 2. The van der Waals surface area contributed by atoms with E-state index in [-0.39, 0.29) is 11.1 Å². The molecule has 3 heterocycles. The van der Waals surface area contributed by atoms with E-state index in [0.29, 0.717) is 23.7 Å². The average Bonchev–Trinajstić information content (AvgIpc) is 3.50. The van der Waals surface area contributed by atoms with E-state index in [1.165, 1.54) is 12.1 Å². The zero-order valence-electron chi connectivity index (χ0n) is 21.0. The molecule has 8 nitrogen and oxygen atoms in total. The fraction of sp³-hybridized carbons (Fsp3) is 0.185. The van der Waals surface area contributed by atoms with Crippen molar-refractivity contribution in [2.45, 2.75) is 18.8 Å². The Morgan fingerprint density at radius 2 is 1.90 bits per heavy atom. The molecule has 0 saturated carbocycles. The lowest BCUT2D eigenvalue weighted by Gasteiger charge is -2.20. The number of halogens is 3. The third-order valence-electron chi connectivity index (χ3n) is 6.25. The second kappa shape index (κ2) is 10.6. The highest BCUT2D eigenvalue weighted by atomic mass is 32.2. The number of nitrogens with zero attached hydrogens (tertiary/aromatic N) is 3. The van der Waals surface area contributed by atoms with Crippen molar-refractivity contribution in [2.75, 3.05) is 18.6 Å². The van der Waals surface area contributed by atoms with Gasteiger partial charge in [0.1, 0.15) is 17.2 Å². The van der Waals surface area contributed by atoms with Crippen LogP contribution in [0.3, 0.4) is 0 Å². The lowest BCUT2D eigenvalue weighted by Crippen LogP contribution is -2.28. The molecule has 4 aromatic rings. The van der Waals surface area contributed by atoms with Gasteiger partial charge < -0.3 is 10.3 Å². The third-order valence-corrected chi connectivity index (χ3v) is 6.80. The van der Waals surface area contributed by atoms with Crippen LogP contribution in [0.25, 0.3) is 16.9 Å². The lowest BCUT2D eigenvalue weighted by atomic mass is 9.97. The van der Waals surface area contributed by atoms with E-state index in [1.807, 2.05) is 42.5 Å². The first kappa shape index (κ1) is 26.6. The van der Waals surface area contributed by atoms with Gasteiger partial charge in [-0.15, -0.1) is 0 Å². The van der Waals surface area contributed by atoms with E-state index in [0.717, 1.165) is 17.2 Å². The highest BCUT2D eigenvalue weighted by Crippen LogP contribution is 2.37. The van der Waals surface area contributed by atoms with Crippen LogP contribution in [0.1, 0.15) is 33.1 Å². The normalized spacial score (nSPS) is 16.1. The van der Waals surface area contributed by atoms with Gasteiger partial charge in [0.2, 0.25) is 0 Å². The van der Waals surface area contributed by atoms with Crippen LogP contribution in [0.2, 0.25) is 0 Å². The summed E-state index contributed by atoms with van der Waals surface area (Å²) in [5, 5.41) is 4.43. The van der Waals surface area contributed by atoms with Gasteiger partial charge in [-0.2, -0.15) is 13.2 Å². The van der Waals surface area contributed by atoms with Gasteiger partial charge in [-0.1, -0.05) is 30.3 Å². The molecule has 0 aliphatic carbocycles. The van der Waals surface area contributed by atoms with Crippen molar-refractivity contribution >= 4 is 28.4 Å². The summed E-state index contributed by atoms with van der Waals surface area (Å²) >= 11 is 0. The van der Waals surface area contributed by atoms with E-state index in [4.69, 9.17) is 4.98 Å². The first-order chi connectivity index (χ1) is 18.6. The minimum Gasteiger partial charge on any atom is -0.318 e. The zero-order valence-corrected chi connectivity index (χ0v) is 21.8. The highest BCUT2D eigenvalue weighted by molar-refractivity contribution is 7.82. The summed E-state index contributed by atoms with van der Waals surface area (Å²) in [6.45, 7) is 0.363. The molecule has 0 bridgehead atoms. The van der Waals surface area contributed by atoms with Crippen LogP contribution in [0.4, 0.5) is 19.0 Å². The Hall–Kier alpha value is -4.00. The number of carbonyl (C=O) groups is 1. The standard InChI is InChI=1S/C27H25F3N6O2S/c1-35-12-11-22(34-35)20-15-19(8-9-21(20)27(28,29)30)26(37)33-25-24(18-6-4-3-5-7-18)32-23-14-17(10-13-36(23)25)16-31-39(2)38/h3-15,22,31,34H,16H2,1-2H3,(H,33,37). The number of rotatable bonds is 7. The van der Waals surface area contributed by atoms with Crippen molar-refractivity contribution < 1.29 is 22.2 Å². The Kier molecular flexibility index (Phi) is 7.25. The number of pyridine rings is 1. The van der Waals surface area contributed by atoms with Gasteiger partial charge in [-0.25, -0.2) is 19.3 Å². The van der Waals surface area contributed by atoms with Crippen molar-refractivity contribution in [3.05, 3.63) is 101 Å². The van der Waals surface area contributed by atoms with Crippen LogP contribution in [0.5, 0.6) is 0 Å². The maximum absolute atomic E-state index is 13.8. The minimum atomic E-state index is -4.58.